The Morgan fingerprint density at radius 3 is 2.47 bits per heavy atom. The summed E-state index contributed by atoms with van der Waals surface area (Å²) in [5.74, 6) is 1.69. The number of nitrogens with one attached hydrogen (secondary N) is 2. The second-order valence-electron chi connectivity index (χ2n) is 8.17. The van der Waals surface area contributed by atoms with Gasteiger partial charge in [-0.05, 0) is 32.0 Å². The summed E-state index contributed by atoms with van der Waals surface area (Å²) >= 11 is 0. The molecule has 1 unspecified atom stereocenters. The van der Waals surface area contributed by atoms with Crippen molar-refractivity contribution < 1.29 is 5.11 Å². The van der Waals surface area contributed by atoms with Gasteiger partial charge in [0.1, 0.15) is 11.4 Å². The molecule has 178 valence electrons. The number of halogens is 1. The molecule has 32 heavy (non-hydrogen) atoms. The van der Waals surface area contributed by atoms with E-state index in [1.165, 1.54) is 0 Å². The van der Waals surface area contributed by atoms with Crippen molar-refractivity contribution in [2.45, 2.75) is 32.9 Å². The van der Waals surface area contributed by atoms with Gasteiger partial charge in [0.05, 0.1) is 19.3 Å². The molecule has 1 atom stereocenters. The fraction of sp³-hybridized carbons (Fsp3) is 0.591. The first-order chi connectivity index (χ1) is 14.9. The van der Waals surface area contributed by atoms with Crippen molar-refractivity contribution >= 4 is 35.8 Å². The molecule has 3 N–H and O–H groups in total. The van der Waals surface area contributed by atoms with Gasteiger partial charge in [-0.15, -0.1) is 24.0 Å². The summed E-state index contributed by atoms with van der Waals surface area (Å²) in [5, 5.41) is 21.4. The lowest BCUT2D eigenvalue weighted by molar-refractivity contribution is 0.0616. The number of rotatable bonds is 8. The Hall–Kier alpha value is -1.92. The van der Waals surface area contributed by atoms with E-state index in [1.54, 1.807) is 17.8 Å². The number of hydrogen-bond donors (Lipinski definition) is 3. The van der Waals surface area contributed by atoms with Crippen molar-refractivity contribution in [3.05, 3.63) is 41.9 Å². The fourth-order valence-corrected chi connectivity index (χ4v) is 3.56. The summed E-state index contributed by atoms with van der Waals surface area (Å²) < 4.78 is 1.68. The first-order valence-corrected chi connectivity index (χ1v) is 11.1. The number of guanidine groups is 1. The van der Waals surface area contributed by atoms with E-state index in [2.05, 4.69) is 54.6 Å². The van der Waals surface area contributed by atoms with Crippen LogP contribution in [0.1, 0.15) is 31.9 Å². The van der Waals surface area contributed by atoms with E-state index in [1.807, 2.05) is 26.4 Å². The van der Waals surface area contributed by atoms with Crippen LogP contribution in [0, 0.1) is 0 Å². The van der Waals surface area contributed by atoms with E-state index in [0.717, 1.165) is 56.2 Å². The average Bonchev–Trinajstić information content (AvgIpc) is 3.23. The van der Waals surface area contributed by atoms with Gasteiger partial charge in [-0.1, -0.05) is 13.0 Å². The van der Waals surface area contributed by atoms with E-state index in [4.69, 9.17) is 0 Å². The van der Waals surface area contributed by atoms with Crippen molar-refractivity contribution in [2.75, 3.05) is 50.7 Å². The first kappa shape index (κ1) is 26.3. The highest BCUT2D eigenvalue weighted by atomic mass is 127. The summed E-state index contributed by atoms with van der Waals surface area (Å²) in [6, 6.07) is 4.17. The van der Waals surface area contributed by atoms with Crippen LogP contribution in [-0.4, -0.2) is 76.5 Å². The number of hydrogen-bond acceptors (Lipinski definition) is 6. The highest BCUT2D eigenvalue weighted by Gasteiger charge is 2.25. The number of aryl methyl sites for hydroxylation is 1. The molecule has 0 spiro atoms. The molecule has 1 fully saturated rings. The number of aliphatic imine (C=N–C) groups is 1. The molecule has 3 rings (SSSR count). The molecule has 0 saturated carbocycles. The van der Waals surface area contributed by atoms with E-state index < -0.39 is 5.60 Å². The predicted octanol–water partition coefficient (Wildman–Crippen LogP) is 1.54. The predicted molar refractivity (Wildman–Crippen MR) is 140 cm³/mol. The van der Waals surface area contributed by atoms with Gasteiger partial charge >= 0.3 is 0 Å². The SMILES string of the molecule is CCNC(=NCc1ccc(N2CCN(CC)CC2)nc1)NCC(C)(O)c1cnn(C)c1.I. The van der Waals surface area contributed by atoms with Gasteiger partial charge in [0, 0.05) is 57.7 Å². The van der Waals surface area contributed by atoms with E-state index in [-0.39, 0.29) is 24.0 Å². The van der Waals surface area contributed by atoms with Gasteiger partial charge < -0.3 is 25.5 Å². The van der Waals surface area contributed by atoms with Crippen LogP contribution in [0.5, 0.6) is 0 Å². The number of aliphatic hydroxyl groups is 1. The Bertz CT molecular complexity index is 844. The van der Waals surface area contributed by atoms with E-state index >= 15 is 0 Å². The largest absolute Gasteiger partial charge is 0.383 e. The minimum Gasteiger partial charge on any atom is -0.383 e. The van der Waals surface area contributed by atoms with Gasteiger partial charge in [-0.3, -0.25) is 4.68 Å². The molecule has 0 bridgehead atoms. The number of piperazine rings is 1. The summed E-state index contributed by atoms with van der Waals surface area (Å²) in [5.41, 5.74) is 0.764. The van der Waals surface area contributed by atoms with Crippen LogP contribution in [0.4, 0.5) is 5.82 Å². The Morgan fingerprint density at radius 2 is 1.91 bits per heavy atom. The highest BCUT2D eigenvalue weighted by molar-refractivity contribution is 14.0. The molecule has 0 radical (unpaired) electrons. The minimum atomic E-state index is -1.05. The number of aromatic nitrogens is 3. The van der Waals surface area contributed by atoms with Crippen molar-refractivity contribution in [3.63, 3.8) is 0 Å². The molecule has 3 heterocycles. The van der Waals surface area contributed by atoms with Crippen LogP contribution in [0.25, 0.3) is 0 Å². The normalized spacial score (nSPS) is 16.9. The van der Waals surface area contributed by atoms with Crippen LogP contribution >= 0.6 is 24.0 Å². The number of anilines is 1. The lowest BCUT2D eigenvalue weighted by atomic mass is 10.00. The maximum absolute atomic E-state index is 10.8. The summed E-state index contributed by atoms with van der Waals surface area (Å²) in [6.07, 6.45) is 5.41. The van der Waals surface area contributed by atoms with E-state index in [0.29, 0.717) is 19.0 Å². The van der Waals surface area contributed by atoms with Gasteiger partial charge in [-0.2, -0.15) is 5.10 Å². The summed E-state index contributed by atoms with van der Waals surface area (Å²) in [6.45, 7) is 12.9. The molecule has 10 heteroatoms. The Morgan fingerprint density at radius 1 is 1.16 bits per heavy atom. The van der Waals surface area contributed by atoms with Gasteiger partial charge in [0.25, 0.3) is 0 Å². The minimum absolute atomic E-state index is 0. The second-order valence-corrected chi connectivity index (χ2v) is 8.17. The number of nitrogens with zero attached hydrogens (tertiary/aromatic N) is 6. The number of likely N-dealkylation sites (N-methyl/N-ethyl adjacent to an activating group) is 1. The van der Waals surface area contributed by atoms with Crippen molar-refractivity contribution in [1.29, 1.82) is 0 Å². The Balaban J connectivity index is 0.00000363. The third-order valence-electron chi connectivity index (χ3n) is 5.64. The molecule has 9 nitrogen and oxygen atoms in total. The lowest BCUT2D eigenvalue weighted by Crippen LogP contribution is -2.46. The molecule has 2 aromatic rings. The van der Waals surface area contributed by atoms with Crippen molar-refractivity contribution in [2.24, 2.45) is 12.0 Å². The molecule has 0 aliphatic carbocycles. The van der Waals surface area contributed by atoms with Crippen molar-refractivity contribution in [1.82, 2.24) is 30.3 Å². The molecule has 2 aromatic heterocycles. The maximum atomic E-state index is 10.8. The second kappa shape index (κ2) is 12.4. The summed E-state index contributed by atoms with van der Waals surface area (Å²) in [7, 11) is 1.84. The van der Waals surface area contributed by atoms with Crippen LogP contribution < -0.4 is 15.5 Å². The van der Waals surface area contributed by atoms with Crippen LogP contribution in [0.2, 0.25) is 0 Å². The standard InChI is InChI=1S/C22H36N8O.HI/c1-5-23-21(26-17-22(3,31)19-15-27-28(4)16-19)25-14-18-7-8-20(24-13-18)30-11-9-29(6-2)10-12-30;/h7-8,13,15-16,31H,5-6,9-12,14,17H2,1-4H3,(H2,23,25,26);1H. The van der Waals surface area contributed by atoms with Gasteiger partial charge in [0.15, 0.2) is 5.96 Å². The fourth-order valence-electron chi connectivity index (χ4n) is 3.56. The average molecular weight is 556 g/mol. The molecule has 0 amide bonds. The smallest absolute Gasteiger partial charge is 0.191 e. The van der Waals surface area contributed by atoms with Gasteiger partial charge in [-0.25, -0.2) is 9.98 Å². The zero-order valence-electron chi connectivity index (χ0n) is 19.6. The zero-order valence-corrected chi connectivity index (χ0v) is 21.9. The van der Waals surface area contributed by atoms with Crippen LogP contribution in [0.3, 0.4) is 0 Å². The molecular weight excluding hydrogens is 519 g/mol. The molecule has 1 aliphatic heterocycles. The quantitative estimate of drug-likeness (QED) is 0.258. The monoisotopic (exact) mass is 556 g/mol. The van der Waals surface area contributed by atoms with Crippen LogP contribution in [0.15, 0.2) is 35.7 Å². The van der Waals surface area contributed by atoms with E-state index in [9.17, 15) is 5.11 Å². The first-order valence-electron chi connectivity index (χ1n) is 11.1. The molecule has 1 saturated heterocycles. The lowest BCUT2D eigenvalue weighted by Gasteiger charge is -2.34. The Labute approximate surface area is 208 Å². The molecular formula is C22H37IN8O. The zero-order chi connectivity index (χ0) is 22.3. The molecule has 1 aliphatic rings. The number of pyridine rings is 1. The summed E-state index contributed by atoms with van der Waals surface area (Å²) in [4.78, 5) is 14.1. The third-order valence-corrected chi connectivity index (χ3v) is 5.64. The van der Waals surface area contributed by atoms with Gasteiger partial charge in [0.2, 0.25) is 0 Å². The third kappa shape index (κ3) is 7.31. The molecule has 0 aromatic carbocycles. The maximum Gasteiger partial charge on any atom is 0.191 e. The Kier molecular flexibility index (Phi) is 10.2. The van der Waals surface area contributed by atoms with Crippen LogP contribution in [-0.2, 0) is 19.2 Å². The topological polar surface area (TPSA) is 93.8 Å². The highest BCUT2D eigenvalue weighted by Crippen LogP contribution is 2.18. The van der Waals surface area contributed by atoms with Crippen molar-refractivity contribution in [3.8, 4) is 0 Å².